The summed E-state index contributed by atoms with van der Waals surface area (Å²) in [6.45, 7) is 7.35. The van der Waals surface area contributed by atoms with Gasteiger partial charge >= 0.3 is 6.09 Å². The van der Waals surface area contributed by atoms with Crippen LogP contribution >= 0.6 is 11.8 Å². The van der Waals surface area contributed by atoms with Crippen molar-refractivity contribution in [2.24, 2.45) is 0 Å². The second-order valence-corrected chi connectivity index (χ2v) is 15.8. The highest BCUT2D eigenvalue weighted by atomic mass is 32.2. The van der Waals surface area contributed by atoms with Gasteiger partial charge in [-0.3, -0.25) is 0 Å². The molecule has 4 rings (SSSR count). The van der Waals surface area contributed by atoms with Crippen molar-refractivity contribution in [1.82, 2.24) is 10.3 Å². The number of benzene rings is 2. The number of carbonyl (C=O) groups is 1. The molecule has 0 aliphatic heterocycles. The van der Waals surface area contributed by atoms with Crippen LogP contribution in [0.2, 0.25) is 25.7 Å². The summed E-state index contributed by atoms with van der Waals surface area (Å²) >= 11 is 1.75. The highest BCUT2D eigenvalue weighted by Gasteiger charge is 2.40. The zero-order chi connectivity index (χ0) is 21.1. The molecule has 1 aliphatic rings. The normalized spacial score (nSPS) is 18.2. The fraction of sp³-hybridized carbons (Fsp3) is 0.333. The average Bonchev–Trinajstić information content (AvgIpc) is 3.44. The minimum absolute atomic E-state index is 0.145. The van der Waals surface area contributed by atoms with E-state index in [2.05, 4.69) is 61.4 Å². The molecule has 2 aromatic carbocycles. The molecule has 156 valence electrons. The Morgan fingerprint density at radius 2 is 1.87 bits per heavy atom. The molecule has 1 heterocycles. The lowest BCUT2D eigenvalue weighted by atomic mass is 10.1. The zero-order valence-electron chi connectivity index (χ0n) is 17.7. The maximum Gasteiger partial charge on any atom is 0.407 e. The van der Waals surface area contributed by atoms with E-state index in [4.69, 9.17) is 9.72 Å². The molecule has 3 aromatic rings. The fourth-order valence-electron chi connectivity index (χ4n) is 3.25. The number of alkyl carbamates (subject to hydrolysis) is 1. The Morgan fingerprint density at radius 3 is 2.63 bits per heavy atom. The number of thioether (sulfide) groups is 1. The molecule has 2 unspecified atom stereocenters. The third-order valence-electron chi connectivity index (χ3n) is 5.16. The second kappa shape index (κ2) is 8.82. The molecular formula is C24H28N2O2SSi. The van der Waals surface area contributed by atoms with E-state index >= 15 is 0 Å². The van der Waals surface area contributed by atoms with Crippen molar-refractivity contribution in [2.75, 3.05) is 6.61 Å². The molecule has 0 spiro atoms. The Hall–Kier alpha value is -2.31. The Morgan fingerprint density at radius 1 is 1.13 bits per heavy atom. The number of pyridine rings is 1. The average molecular weight is 437 g/mol. The largest absolute Gasteiger partial charge is 0.450 e. The summed E-state index contributed by atoms with van der Waals surface area (Å²) in [7, 11) is -1.19. The molecule has 1 saturated carbocycles. The van der Waals surface area contributed by atoms with Gasteiger partial charge in [0, 0.05) is 30.3 Å². The van der Waals surface area contributed by atoms with Crippen LogP contribution in [0.4, 0.5) is 4.79 Å². The van der Waals surface area contributed by atoms with E-state index in [-0.39, 0.29) is 12.1 Å². The monoisotopic (exact) mass is 436 g/mol. The minimum Gasteiger partial charge on any atom is -0.450 e. The fourth-order valence-corrected chi connectivity index (χ4v) is 5.24. The van der Waals surface area contributed by atoms with E-state index < -0.39 is 8.07 Å². The van der Waals surface area contributed by atoms with Gasteiger partial charge < -0.3 is 10.1 Å². The molecule has 0 saturated heterocycles. The second-order valence-electron chi connectivity index (χ2n) is 8.99. The van der Waals surface area contributed by atoms with Gasteiger partial charge in [0.25, 0.3) is 0 Å². The molecule has 0 bridgehead atoms. The topological polar surface area (TPSA) is 51.2 Å². The van der Waals surface area contributed by atoms with Gasteiger partial charge in [-0.05, 0) is 30.2 Å². The van der Waals surface area contributed by atoms with Gasteiger partial charge in [-0.25, -0.2) is 9.78 Å². The van der Waals surface area contributed by atoms with Crippen molar-refractivity contribution in [3.63, 3.8) is 0 Å². The molecule has 6 heteroatoms. The number of carbonyl (C=O) groups excluding carboxylic acids is 1. The minimum atomic E-state index is -1.19. The van der Waals surface area contributed by atoms with Crippen LogP contribution in [0.15, 0.2) is 65.7 Å². The summed E-state index contributed by atoms with van der Waals surface area (Å²) in [4.78, 5) is 17.0. The number of aromatic nitrogens is 1. The van der Waals surface area contributed by atoms with Crippen molar-refractivity contribution < 1.29 is 9.53 Å². The molecule has 1 aliphatic carbocycles. The Balaban J connectivity index is 1.44. The smallest absolute Gasteiger partial charge is 0.407 e. The number of nitrogens with one attached hydrogen (secondary N) is 1. The number of nitrogens with zero attached hydrogens (tertiary/aromatic N) is 1. The SMILES string of the molecule is C[Si](C)(C)CCOC(=O)NC1CC1Sc1nc2ccccc2cc1-c1ccccc1. The van der Waals surface area contributed by atoms with Crippen LogP contribution in [0.5, 0.6) is 0 Å². The van der Waals surface area contributed by atoms with Crippen LogP contribution in [-0.4, -0.2) is 37.0 Å². The molecule has 1 amide bonds. The van der Waals surface area contributed by atoms with Crippen molar-refractivity contribution >= 4 is 36.8 Å². The molecule has 2 atom stereocenters. The van der Waals surface area contributed by atoms with E-state index in [0.717, 1.165) is 39.5 Å². The van der Waals surface area contributed by atoms with Gasteiger partial charge in [0.1, 0.15) is 5.03 Å². The maximum atomic E-state index is 12.1. The predicted molar refractivity (Wildman–Crippen MR) is 128 cm³/mol. The zero-order valence-corrected chi connectivity index (χ0v) is 19.5. The summed E-state index contributed by atoms with van der Waals surface area (Å²) in [5.74, 6) is 0. The quantitative estimate of drug-likeness (QED) is 0.448. The van der Waals surface area contributed by atoms with Crippen LogP contribution in [-0.2, 0) is 4.74 Å². The maximum absolute atomic E-state index is 12.1. The molecular weight excluding hydrogens is 408 g/mol. The van der Waals surface area contributed by atoms with Gasteiger partial charge in [-0.1, -0.05) is 68.2 Å². The van der Waals surface area contributed by atoms with Crippen molar-refractivity contribution in [1.29, 1.82) is 0 Å². The Labute approximate surface area is 183 Å². The summed E-state index contributed by atoms with van der Waals surface area (Å²) in [5, 5.41) is 5.49. The molecule has 1 fully saturated rings. The summed E-state index contributed by atoms with van der Waals surface area (Å²) in [5.41, 5.74) is 3.30. The summed E-state index contributed by atoms with van der Waals surface area (Å²) < 4.78 is 5.38. The lowest BCUT2D eigenvalue weighted by Gasteiger charge is -2.15. The molecule has 30 heavy (non-hydrogen) atoms. The number of amides is 1. The highest BCUT2D eigenvalue weighted by molar-refractivity contribution is 8.00. The van der Waals surface area contributed by atoms with Crippen LogP contribution in [0, 0.1) is 0 Å². The Kier molecular flexibility index (Phi) is 6.15. The highest BCUT2D eigenvalue weighted by Crippen LogP contribution is 2.43. The van der Waals surface area contributed by atoms with Crippen molar-refractivity contribution in [3.8, 4) is 11.1 Å². The molecule has 1 N–H and O–H groups in total. The third kappa shape index (κ3) is 5.43. The number of fused-ring (bicyclic) bond motifs is 1. The first-order chi connectivity index (χ1) is 14.4. The standard InChI is InChI=1S/C24H28N2O2SSi/c1-30(2,3)14-13-28-24(27)26-21-16-22(21)29-23-19(17-9-5-4-6-10-17)15-18-11-7-8-12-20(18)25-23/h4-12,15,21-22H,13-14,16H2,1-3H3,(H,26,27). The lowest BCUT2D eigenvalue weighted by Crippen LogP contribution is -2.30. The van der Waals surface area contributed by atoms with Gasteiger partial charge in [-0.2, -0.15) is 0 Å². The molecule has 0 radical (unpaired) electrons. The first-order valence-electron chi connectivity index (χ1n) is 10.4. The van der Waals surface area contributed by atoms with Crippen LogP contribution < -0.4 is 5.32 Å². The van der Waals surface area contributed by atoms with E-state index in [1.54, 1.807) is 11.8 Å². The van der Waals surface area contributed by atoms with E-state index in [0.29, 0.717) is 11.9 Å². The third-order valence-corrected chi connectivity index (χ3v) is 8.22. The number of ether oxygens (including phenoxy) is 1. The number of rotatable bonds is 7. The summed E-state index contributed by atoms with van der Waals surface area (Å²) in [6, 6.07) is 21.9. The van der Waals surface area contributed by atoms with Crippen LogP contribution in [0.1, 0.15) is 6.42 Å². The first kappa shape index (κ1) is 20.9. The number of para-hydroxylation sites is 1. The van der Waals surface area contributed by atoms with Gasteiger partial charge in [-0.15, -0.1) is 11.8 Å². The Bertz CT molecular complexity index is 1040. The molecule has 1 aromatic heterocycles. The number of hydrogen-bond donors (Lipinski definition) is 1. The summed E-state index contributed by atoms with van der Waals surface area (Å²) in [6.07, 6.45) is 0.646. The first-order valence-corrected chi connectivity index (χ1v) is 15.0. The van der Waals surface area contributed by atoms with Gasteiger partial charge in [0.15, 0.2) is 0 Å². The van der Waals surface area contributed by atoms with E-state index in [1.807, 2.05) is 24.3 Å². The van der Waals surface area contributed by atoms with Gasteiger partial charge in [0.2, 0.25) is 0 Å². The predicted octanol–water partition coefficient (Wildman–Crippen LogP) is 6.20. The van der Waals surface area contributed by atoms with Crippen LogP contribution in [0.3, 0.4) is 0 Å². The lowest BCUT2D eigenvalue weighted by molar-refractivity contribution is 0.151. The van der Waals surface area contributed by atoms with Crippen molar-refractivity contribution in [2.45, 2.75) is 48.4 Å². The van der Waals surface area contributed by atoms with Gasteiger partial charge in [0.05, 0.1) is 12.1 Å². The number of hydrogen-bond acceptors (Lipinski definition) is 4. The van der Waals surface area contributed by atoms with E-state index in [1.165, 1.54) is 0 Å². The molecule has 4 nitrogen and oxygen atoms in total. The van der Waals surface area contributed by atoms with E-state index in [9.17, 15) is 4.79 Å². The van der Waals surface area contributed by atoms with Crippen LogP contribution in [0.25, 0.3) is 22.0 Å². The van der Waals surface area contributed by atoms with Crippen molar-refractivity contribution in [3.05, 3.63) is 60.7 Å².